The number of hydrogen-bond donors (Lipinski definition) is 2. The van der Waals surface area contributed by atoms with Crippen LogP contribution in [0.2, 0.25) is 0 Å². The standard InChI is InChI=1S/C6H11NO9S2/c1-17(10,11)7-5(8)2-3-15-6(9)16-4-18(12,13)14/h2-4H2,1H3,(H,7,8)(H,12,13,14). The number of amides is 1. The average molecular weight is 305 g/mol. The van der Waals surface area contributed by atoms with Crippen molar-refractivity contribution in [2.75, 3.05) is 18.8 Å². The van der Waals surface area contributed by atoms with Crippen LogP contribution >= 0.6 is 0 Å². The first kappa shape index (κ1) is 16.6. The van der Waals surface area contributed by atoms with Crippen LogP contribution in [0.25, 0.3) is 0 Å². The fraction of sp³-hybridized carbons (Fsp3) is 0.667. The number of sulfonamides is 1. The molecule has 0 aliphatic rings. The molecule has 0 aromatic heterocycles. The minimum absolute atomic E-state index is 0.450. The predicted octanol–water partition coefficient (Wildman–Crippen LogP) is -1.55. The van der Waals surface area contributed by atoms with Crippen LogP contribution in [0.1, 0.15) is 6.42 Å². The summed E-state index contributed by atoms with van der Waals surface area (Å²) in [5.74, 6) is -2.18. The topological polar surface area (TPSA) is 153 Å². The Balaban J connectivity index is 3.85. The van der Waals surface area contributed by atoms with Gasteiger partial charge in [-0.05, 0) is 0 Å². The molecule has 12 heteroatoms. The van der Waals surface area contributed by atoms with Gasteiger partial charge in [-0.1, -0.05) is 0 Å². The van der Waals surface area contributed by atoms with Gasteiger partial charge in [-0.3, -0.25) is 14.1 Å². The van der Waals surface area contributed by atoms with Gasteiger partial charge in [0.1, 0.15) is 6.61 Å². The molecule has 0 aliphatic carbocycles. The van der Waals surface area contributed by atoms with E-state index in [4.69, 9.17) is 4.55 Å². The van der Waals surface area contributed by atoms with E-state index in [1.807, 2.05) is 0 Å². The molecule has 0 aromatic carbocycles. The molecular formula is C6H11NO9S2. The second kappa shape index (κ2) is 6.51. The highest BCUT2D eigenvalue weighted by atomic mass is 32.2. The average Bonchev–Trinajstić information content (AvgIpc) is 2.10. The van der Waals surface area contributed by atoms with E-state index in [1.165, 1.54) is 0 Å². The van der Waals surface area contributed by atoms with Gasteiger partial charge in [0.05, 0.1) is 12.7 Å². The maximum Gasteiger partial charge on any atom is 0.509 e. The summed E-state index contributed by atoms with van der Waals surface area (Å²) in [5, 5.41) is 0. The van der Waals surface area contributed by atoms with Gasteiger partial charge in [-0.15, -0.1) is 0 Å². The monoisotopic (exact) mass is 305 g/mol. The highest BCUT2D eigenvalue weighted by molar-refractivity contribution is 7.89. The largest absolute Gasteiger partial charge is 0.509 e. The Hall–Kier alpha value is -1.40. The summed E-state index contributed by atoms with van der Waals surface area (Å²) in [7, 11) is -8.15. The molecular weight excluding hydrogens is 294 g/mol. The molecule has 106 valence electrons. The van der Waals surface area contributed by atoms with Crippen LogP contribution in [-0.2, 0) is 34.4 Å². The molecule has 0 unspecified atom stereocenters. The summed E-state index contributed by atoms with van der Waals surface area (Å²) in [6, 6.07) is 0. The van der Waals surface area contributed by atoms with Crippen molar-refractivity contribution in [3.8, 4) is 0 Å². The van der Waals surface area contributed by atoms with Crippen molar-refractivity contribution in [2.24, 2.45) is 0 Å². The first-order chi connectivity index (χ1) is 7.99. The highest BCUT2D eigenvalue weighted by Crippen LogP contribution is 1.92. The molecule has 0 heterocycles. The molecule has 0 radical (unpaired) electrons. The molecule has 18 heavy (non-hydrogen) atoms. The fourth-order valence-electron chi connectivity index (χ4n) is 0.649. The number of ether oxygens (including phenoxy) is 2. The van der Waals surface area contributed by atoms with Crippen LogP contribution < -0.4 is 4.72 Å². The summed E-state index contributed by atoms with van der Waals surface area (Å²) >= 11 is 0. The van der Waals surface area contributed by atoms with Gasteiger partial charge in [0.25, 0.3) is 0 Å². The van der Waals surface area contributed by atoms with Gasteiger partial charge in [-0.2, -0.15) is 8.42 Å². The number of carbonyl (C=O) groups is 2. The van der Waals surface area contributed by atoms with Gasteiger partial charge < -0.3 is 9.47 Å². The fourth-order valence-corrected chi connectivity index (χ4v) is 1.41. The van der Waals surface area contributed by atoms with E-state index in [2.05, 4.69) is 9.47 Å². The van der Waals surface area contributed by atoms with Gasteiger partial charge in [0, 0.05) is 0 Å². The third-order valence-electron chi connectivity index (χ3n) is 1.17. The lowest BCUT2D eigenvalue weighted by molar-refractivity contribution is -0.120. The van der Waals surface area contributed by atoms with Gasteiger partial charge in [0.15, 0.2) is 0 Å². The van der Waals surface area contributed by atoms with E-state index < -0.39 is 51.2 Å². The maximum absolute atomic E-state index is 10.9. The quantitative estimate of drug-likeness (QED) is 0.438. The van der Waals surface area contributed by atoms with Crippen LogP contribution in [0, 0.1) is 0 Å². The second-order valence-electron chi connectivity index (χ2n) is 2.99. The first-order valence-corrected chi connectivity index (χ1v) is 7.75. The molecule has 1 amide bonds. The Bertz CT molecular complexity index is 505. The predicted molar refractivity (Wildman–Crippen MR) is 56.5 cm³/mol. The number of rotatable bonds is 6. The Kier molecular flexibility index (Phi) is 6.00. The zero-order valence-electron chi connectivity index (χ0n) is 9.15. The minimum atomic E-state index is -4.47. The molecule has 0 rings (SSSR count). The lowest BCUT2D eigenvalue weighted by Crippen LogP contribution is -2.30. The van der Waals surface area contributed by atoms with Crippen LogP contribution in [0.15, 0.2) is 0 Å². The normalized spacial score (nSPS) is 11.7. The molecule has 2 N–H and O–H groups in total. The summed E-state index contributed by atoms with van der Waals surface area (Å²) in [4.78, 5) is 21.6. The molecule has 0 fully saturated rings. The Morgan fingerprint density at radius 1 is 1.17 bits per heavy atom. The van der Waals surface area contributed by atoms with Crippen molar-refractivity contribution in [3.05, 3.63) is 0 Å². The summed E-state index contributed by atoms with van der Waals surface area (Å²) < 4.78 is 59.5. The highest BCUT2D eigenvalue weighted by Gasteiger charge is 2.13. The van der Waals surface area contributed by atoms with Gasteiger partial charge in [0.2, 0.25) is 21.9 Å². The number of carbonyl (C=O) groups excluding carboxylic acids is 2. The van der Waals surface area contributed by atoms with Crippen molar-refractivity contribution >= 4 is 32.2 Å². The maximum atomic E-state index is 10.9. The van der Waals surface area contributed by atoms with Crippen molar-refractivity contribution < 1.29 is 40.5 Å². The third kappa shape index (κ3) is 11.1. The Labute approximate surface area is 103 Å². The molecule has 10 nitrogen and oxygen atoms in total. The van der Waals surface area contributed by atoms with Crippen molar-refractivity contribution in [2.45, 2.75) is 6.42 Å². The first-order valence-electron chi connectivity index (χ1n) is 4.25. The third-order valence-corrected chi connectivity index (χ3v) is 2.19. The van der Waals surface area contributed by atoms with E-state index in [1.54, 1.807) is 4.72 Å². The summed E-state index contributed by atoms with van der Waals surface area (Å²) in [6.07, 6.45) is -1.10. The van der Waals surface area contributed by atoms with E-state index in [0.717, 1.165) is 6.26 Å². The Morgan fingerprint density at radius 2 is 1.72 bits per heavy atom. The SMILES string of the molecule is CS(=O)(=O)NC(=O)CCOC(=O)OCS(=O)(=O)O. The number of hydrogen-bond acceptors (Lipinski definition) is 8. The van der Waals surface area contributed by atoms with E-state index in [9.17, 15) is 26.4 Å². The van der Waals surface area contributed by atoms with E-state index >= 15 is 0 Å². The van der Waals surface area contributed by atoms with E-state index in [0.29, 0.717) is 0 Å². The molecule has 0 spiro atoms. The summed E-state index contributed by atoms with van der Waals surface area (Å²) in [5.41, 5.74) is 0. The van der Waals surface area contributed by atoms with Crippen LogP contribution in [0.4, 0.5) is 4.79 Å². The minimum Gasteiger partial charge on any atom is -0.434 e. The second-order valence-corrected chi connectivity index (χ2v) is 6.14. The smallest absolute Gasteiger partial charge is 0.434 e. The van der Waals surface area contributed by atoms with Crippen LogP contribution in [-0.4, -0.2) is 52.3 Å². The molecule has 0 aromatic rings. The zero-order valence-corrected chi connectivity index (χ0v) is 10.8. The zero-order chi connectivity index (χ0) is 14.4. The molecule has 0 aliphatic heterocycles. The van der Waals surface area contributed by atoms with Crippen LogP contribution in [0.3, 0.4) is 0 Å². The summed E-state index contributed by atoms with van der Waals surface area (Å²) in [6.45, 7) is -0.508. The van der Waals surface area contributed by atoms with Crippen molar-refractivity contribution in [1.29, 1.82) is 0 Å². The van der Waals surface area contributed by atoms with Gasteiger partial charge >= 0.3 is 16.3 Å². The molecule has 0 saturated heterocycles. The number of nitrogens with one attached hydrogen (secondary N) is 1. The van der Waals surface area contributed by atoms with Crippen molar-refractivity contribution in [1.82, 2.24) is 4.72 Å². The van der Waals surface area contributed by atoms with E-state index in [-0.39, 0.29) is 0 Å². The lowest BCUT2D eigenvalue weighted by Gasteiger charge is -2.05. The molecule has 0 saturated carbocycles. The lowest BCUT2D eigenvalue weighted by atomic mass is 10.4. The Morgan fingerprint density at radius 3 is 2.17 bits per heavy atom. The van der Waals surface area contributed by atoms with Gasteiger partial charge in [-0.25, -0.2) is 13.2 Å². The van der Waals surface area contributed by atoms with Crippen molar-refractivity contribution in [3.63, 3.8) is 0 Å². The molecule has 0 bridgehead atoms. The van der Waals surface area contributed by atoms with Crippen LogP contribution in [0.5, 0.6) is 0 Å². The molecule has 0 atom stereocenters.